The van der Waals surface area contributed by atoms with Gasteiger partial charge in [0.1, 0.15) is 0 Å². The van der Waals surface area contributed by atoms with Gasteiger partial charge in [0.15, 0.2) is 0 Å². The van der Waals surface area contributed by atoms with Gasteiger partial charge in [-0.05, 0) is 29.8 Å². The molecule has 4 rings (SSSR count). The number of amides is 2. The van der Waals surface area contributed by atoms with E-state index in [1.807, 2.05) is 12.1 Å². The van der Waals surface area contributed by atoms with E-state index in [4.69, 9.17) is 4.74 Å². The number of fused-ring (bicyclic) bond motifs is 1. The van der Waals surface area contributed by atoms with Crippen molar-refractivity contribution in [3.05, 3.63) is 69.7 Å². The smallest absolute Gasteiger partial charge is 0.261 e. The molecule has 2 amide bonds. The van der Waals surface area contributed by atoms with E-state index in [2.05, 4.69) is 33.4 Å². The molecule has 2 atom stereocenters. The number of carbonyl (C=O) groups is 2. The van der Waals surface area contributed by atoms with Crippen molar-refractivity contribution in [3.63, 3.8) is 0 Å². The number of hydrogen-bond acceptors (Lipinski definition) is 4. The Morgan fingerprint density at radius 3 is 2.24 bits per heavy atom. The molecule has 1 fully saturated rings. The van der Waals surface area contributed by atoms with Crippen molar-refractivity contribution < 1.29 is 14.3 Å². The first-order chi connectivity index (χ1) is 12.1. The van der Waals surface area contributed by atoms with E-state index in [1.54, 1.807) is 24.3 Å². The second kappa shape index (κ2) is 6.71. The average molecular weight is 401 g/mol. The third kappa shape index (κ3) is 3.13. The molecule has 0 bridgehead atoms. The molecule has 2 aliphatic heterocycles. The predicted molar refractivity (Wildman–Crippen MR) is 96.4 cm³/mol. The van der Waals surface area contributed by atoms with Gasteiger partial charge >= 0.3 is 0 Å². The van der Waals surface area contributed by atoms with E-state index >= 15 is 0 Å². The van der Waals surface area contributed by atoms with Crippen LogP contribution < -0.4 is 5.32 Å². The molecule has 2 aliphatic rings. The van der Waals surface area contributed by atoms with Crippen LogP contribution in [0.15, 0.2) is 53.0 Å². The number of ether oxygens (including phenoxy) is 1. The van der Waals surface area contributed by atoms with Crippen LogP contribution in [0.3, 0.4) is 0 Å². The Labute approximate surface area is 154 Å². The van der Waals surface area contributed by atoms with Crippen molar-refractivity contribution in [2.75, 3.05) is 19.7 Å². The zero-order valence-electron chi connectivity index (χ0n) is 13.4. The van der Waals surface area contributed by atoms with Gasteiger partial charge in [0, 0.05) is 11.0 Å². The Morgan fingerprint density at radius 2 is 1.68 bits per heavy atom. The summed E-state index contributed by atoms with van der Waals surface area (Å²) in [5, 5.41) is 3.44. The molecule has 1 unspecified atom stereocenters. The molecular formula is C19H17BrN2O3. The fraction of sp³-hybridized carbons (Fsp3) is 0.263. The molecule has 2 heterocycles. The fourth-order valence-corrected chi connectivity index (χ4v) is 3.52. The lowest BCUT2D eigenvalue weighted by atomic mass is 10.1. The molecule has 0 aromatic heterocycles. The predicted octanol–water partition coefficient (Wildman–Crippen LogP) is 2.77. The van der Waals surface area contributed by atoms with E-state index in [0.717, 1.165) is 10.0 Å². The number of halogens is 1. The molecule has 0 spiro atoms. The molecule has 128 valence electrons. The maximum absolute atomic E-state index is 12.4. The van der Waals surface area contributed by atoms with Gasteiger partial charge in [-0.25, -0.2) is 0 Å². The Bertz CT molecular complexity index is 779. The third-order valence-corrected chi connectivity index (χ3v) is 5.16. The molecule has 0 radical (unpaired) electrons. The first-order valence-electron chi connectivity index (χ1n) is 8.19. The van der Waals surface area contributed by atoms with E-state index in [1.165, 1.54) is 4.90 Å². The number of morpholine rings is 1. The lowest BCUT2D eigenvalue weighted by Gasteiger charge is -2.32. The number of benzene rings is 2. The van der Waals surface area contributed by atoms with Gasteiger partial charge in [-0.1, -0.05) is 40.2 Å². The summed E-state index contributed by atoms with van der Waals surface area (Å²) in [5.41, 5.74) is 2.11. The molecular weight excluding hydrogens is 384 g/mol. The highest BCUT2D eigenvalue weighted by Gasteiger charge is 2.37. The molecule has 6 heteroatoms. The minimum Gasteiger partial charge on any atom is -0.373 e. The minimum atomic E-state index is -0.237. The number of rotatable bonds is 3. The van der Waals surface area contributed by atoms with E-state index in [-0.39, 0.29) is 30.5 Å². The minimum absolute atomic E-state index is 0.117. The van der Waals surface area contributed by atoms with Crippen LogP contribution in [0.2, 0.25) is 0 Å². The van der Waals surface area contributed by atoms with Crippen molar-refractivity contribution >= 4 is 27.7 Å². The van der Waals surface area contributed by atoms with Crippen molar-refractivity contribution in [2.24, 2.45) is 0 Å². The second-order valence-electron chi connectivity index (χ2n) is 6.23. The van der Waals surface area contributed by atoms with Crippen LogP contribution in [-0.2, 0) is 4.74 Å². The zero-order valence-corrected chi connectivity index (χ0v) is 15.0. The van der Waals surface area contributed by atoms with E-state index < -0.39 is 0 Å². The number of nitrogens with one attached hydrogen (secondary N) is 1. The summed E-state index contributed by atoms with van der Waals surface area (Å²) in [6.45, 7) is 1.37. The summed E-state index contributed by atoms with van der Waals surface area (Å²) in [6, 6.07) is 15.2. The Kier molecular flexibility index (Phi) is 4.41. The Hall–Kier alpha value is -2.02. The molecule has 2 aromatic carbocycles. The molecule has 1 saturated heterocycles. The molecule has 5 nitrogen and oxygen atoms in total. The molecule has 0 saturated carbocycles. The molecule has 1 N–H and O–H groups in total. The highest BCUT2D eigenvalue weighted by Crippen LogP contribution is 2.25. The van der Waals surface area contributed by atoms with Crippen LogP contribution in [0.1, 0.15) is 32.3 Å². The van der Waals surface area contributed by atoms with Crippen LogP contribution >= 0.6 is 15.9 Å². The van der Waals surface area contributed by atoms with Crippen LogP contribution in [0.5, 0.6) is 0 Å². The summed E-state index contributed by atoms with van der Waals surface area (Å²) in [7, 11) is 0. The highest BCUT2D eigenvalue weighted by atomic mass is 79.9. The van der Waals surface area contributed by atoms with Gasteiger partial charge in [0.25, 0.3) is 11.8 Å². The highest BCUT2D eigenvalue weighted by molar-refractivity contribution is 9.10. The van der Waals surface area contributed by atoms with Crippen LogP contribution in [0.25, 0.3) is 0 Å². The summed E-state index contributed by atoms with van der Waals surface area (Å²) < 4.78 is 6.95. The lowest BCUT2D eigenvalue weighted by Crippen LogP contribution is -2.48. The van der Waals surface area contributed by atoms with Crippen molar-refractivity contribution in [3.8, 4) is 0 Å². The van der Waals surface area contributed by atoms with Gasteiger partial charge < -0.3 is 10.1 Å². The van der Waals surface area contributed by atoms with Gasteiger partial charge in [-0.3, -0.25) is 14.5 Å². The fourth-order valence-electron chi connectivity index (χ4n) is 3.26. The quantitative estimate of drug-likeness (QED) is 0.804. The topological polar surface area (TPSA) is 58.6 Å². The van der Waals surface area contributed by atoms with Gasteiger partial charge in [-0.15, -0.1) is 0 Å². The Balaban J connectivity index is 1.39. The number of nitrogens with zero attached hydrogens (tertiary/aromatic N) is 1. The lowest BCUT2D eigenvalue weighted by molar-refractivity contribution is -0.0102. The summed E-state index contributed by atoms with van der Waals surface area (Å²) in [4.78, 5) is 26.1. The van der Waals surface area contributed by atoms with Gasteiger partial charge in [0.05, 0.1) is 36.4 Å². The average Bonchev–Trinajstić information content (AvgIpc) is 2.88. The third-order valence-electron chi connectivity index (χ3n) is 4.63. The maximum atomic E-state index is 12.4. The van der Waals surface area contributed by atoms with Crippen molar-refractivity contribution in [2.45, 2.75) is 12.1 Å². The molecule has 0 aliphatic carbocycles. The normalized spacial score (nSPS) is 23.0. The molecule has 25 heavy (non-hydrogen) atoms. The van der Waals surface area contributed by atoms with Crippen molar-refractivity contribution in [1.29, 1.82) is 0 Å². The van der Waals surface area contributed by atoms with Gasteiger partial charge in [-0.2, -0.15) is 0 Å². The summed E-state index contributed by atoms with van der Waals surface area (Å²) in [5.74, 6) is -0.474. The van der Waals surface area contributed by atoms with Crippen LogP contribution in [0.4, 0.5) is 0 Å². The van der Waals surface area contributed by atoms with Crippen LogP contribution in [-0.4, -0.2) is 42.5 Å². The first kappa shape index (κ1) is 16.4. The van der Waals surface area contributed by atoms with E-state index in [9.17, 15) is 9.59 Å². The second-order valence-corrected chi connectivity index (χ2v) is 7.15. The first-order valence-corrected chi connectivity index (χ1v) is 8.98. The number of imide groups is 1. The number of hydrogen-bond donors (Lipinski definition) is 1. The zero-order chi connectivity index (χ0) is 17.4. The van der Waals surface area contributed by atoms with Gasteiger partial charge in [0.2, 0.25) is 0 Å². The maximum Gasteiger partial charge on any atom is 0.261 e. The van der Waals surface area contributed by atoms with E-state index in [0.29, 0.717) is 24.3 Å². The SMILES string of the molecule is O=C1c2ccccc2C(=O)N1C[C@H]1CNC(c2ccc(Br)cc2)CO1. The largest absolute Gasteiger partial charge is 0.373 e. The Morgan fingerprint density at radius 1 is 1.04 bits per heavy atom. The van der Waals surface area contributed by atoms with Crippen molar-refractivity contribution in [1.82, 2.24) is 10.2 Å². The van der Waals surface area contributed by atoms with Crippen LogP contribution in [0, 0.1) is 0 Å². The summed E-state index contributed by atoms with van der Waals surface area (Å²) in [6.07, 6.45) is -0.200. The monoisotopic (exact) mass is 400 g/mol. The number of carbonyl (C=O) groups excluding carboxylic acids is 2. The standard InChI is InChI=1S/C19H17BrN2O3/c20-13-7-5-12(6-8-13)17-11-25-14(9-21-17)10-22-18(23)15-3-1-2-4-16(15)19(22)24/h1-8,14,17,21H,9-11H2/t14-,17?/m1/s1. The molecule has 2 aromatic rings. The summed E-state index contributed by atoms with van der Waals surface area (Å²) >= 11 is 3.43.